The highest BCUT2D eigenvalue weighted by Gasteiger charge is 2.03. The minimum absolute atomic E-state index is 0.0260. The highest BCUT2D eigenvalue weighted by Crippen LogP contribution is 2.23. The van der Waals surface area contributed by atoms with Gasteiger partial charge in [-0.05, 0) is 52.4 Å². The van der Waals surface area contributed by atoms with Crippen LogP contribution < -0.4 is 4.74 Å². The van der Waals surface area contributed by atoms with Gasteiger partial charge >= 0.3 is 5.97 Å². The molecule has 0 radical (unpaired) electrons. The van der Waals surface area contributed by atoms with Gasteiger partial charge in [0.05, 0.1) is 3.57 Å². The number of pyridine rings is 1. The van der Waals surface area contributed by atoms with Crippen LogP contribution in [0, 0.1) is 15.9 Å². The summed E-state index contributed by atoms with van der Waals surface area (Å²) in [5.74, 6) is 2.56. The number of rotatable bonds is 6. The molecule has 0 bridgehead atoms. The van der Waals surface area contributed by atoms with Crippen LogP contribution in [0.4, 0.5) is 0 Å². The van der Waals surface area contributed by atoms with E-state index in [0.29, 0.717) is 6.61 Å². The molecule has 0 saturated carbocycles. The van der Waals surface area contributed by atoms with E-state index in [1.54, 1.807) is 18.5 Å². The van der Waals surface area contributed by atoms with Crippen molar-refractivity contribution in [3.8, 4) is 18.1 Å². The number of aromatic nitrogens is 1. The third-order valence-electron chi connectivity index (χ3n) is 2.78. The summed E-state index contributed by atoms with van der Waals surface area (Å²) in [5, 5.41) is 0. The zero-order chi connectivity index (χ0) is 16.5. The summed E-state index contributed by atoms with van der Waals surface area (Å²) in [6.07, 6.45) is 11.5. The van der Waals surface area contributed by atoms with E-state index < -0.39 is 5.97 Å². The summed E-state index contributed by atoms with van der Waals surface area (Å²) in [5.41, 5.74) is 1.88. The predicted octanol–water partition coefficient (Wildman–Crippen LogP) is 3.45. The number of terminal acetylenes is 1. The zero-order valence-corrected chi connectivity index (χ0v) is 14.4. The molecule has 2 rings (SSSR count). The summed E-state index contributed by atoms with van der Waals surface area (Å²) >= 11 is 2.19. The SMILES string of the molecule is C#CCOC(=O)/C=C/c1ccc(OCc2cccnc2)c(I)c1. The fourth-order valence-corrected chi connectivity index (χ4v) is 2.40. The van der Waals surface area contributed by atoms with Gasteiger partial charge in [0.15, 0.2) is 6.61 Å². The van der Waals surface area contributed by atoms with Gasteiger partial charge in [-0.1, -0.05) is 18.1 Å². The van der Waals surface area contributed by atoms with E-state index in [-0.39, 0.29) is 6.61 Å². The van der Waals surface area contributed by atoms with Gasteiger partial charge in [-0.3, -0.25) is 4.98 Å². The number of hydrogen-bond acceptors (Lipinski definition) is 4. The Morgan fingerprint density at radius 2 is 2.26 bits per heavy atom. The van der Waals surface area contributed by atoms with Gasteiger partial charge < -0.3 is 9.47 Å². The topological polar surface area (TPSA) is 48.4 Å². The molecule has 0 aliphatic rings. The van der Waals surface area contributed by atoms with E-state index in [0.717, 1.165) is 20.4 Å². The number of nitrogens with zero attached hydrogens (tertiary/aromatic N) is 1. The molecule has 1 aromatic carbocycles. The number of esters is 1. The van der Waals surface area contributed by atoms with Crippen molar-refractivity contribution in [2.45, 2.75) is 6.61 Å². The number of benzene rings is 1. The van der Waals surface area contributed by atoms with Gasteiger partial charge in [0.1, 0.15) is 12.4 Å². The number of ether oxygens (including phenoxy) is 2. The first-order valence-electron chi connectivity index (χ1n) is 6.78. The van der Waals surface area contributed by atoms with Crippen LogP contribution in [0.2, 0.25) is 0 Å². The van der Waals surface area contributed by atoms with Crippen LogP contribution >= 0.6 is 22.6 Å². The van der Waals surface area contributed by atoms with Crippen molar-refractivity contribution in [3.63, 3.8) is 0 Å². The average molecular weight is 419 g/mol. The number of carbonyl (C=O) groups excluding carboxylic acids is 1. The molecule has 4 nitrogen and oxygen atoms in total. The molecule has 0 aliphatic carbocycles. The maximum absolute atomic E-state index is 11.3. The fraction of sp³-hybridized carbons (Fsp3) is 0.111. The normalized spacial score (nSPS) is 10.3. The quantitative estimate of drug-likeness (QED) is 0.312. The van der Waals surface area contributed by atoms with Crippen molar-refractivity contribution in [2.75, 3.05) is 6.61 Å². The lowest BCUT2D eigenvalue weighted by atomic mass is 10.2. The Kier molecular flexibility index (Phi) is 6.63. The Morgan fingerprint density at radius 1 is 1.39 bits per heavy atom. The van der Waals surface area contributed by atoms with Crippen LogP contribution in [0.15, 0.2) is 48.8 Å². The Hall–Kier alpha value is -2.33. The lowest BCUT2D eigenvalue weighted by Crippen LogP contribution is -2.00. The van der Waals surface area contributed by atoms with Gasteiger partial charge in [0, 0.05) is 24.0 Å². The highest BCUT2D eigenvalue weighted by molar-refractivity contribution is 14.1. The number of carbonyl (C=O) groups is 1. The molecular formula is C18H14INO3. The summed E-state index contributed by atoms with van der Waals surface area (Å²) in [6, 6.07) is 9.48. The summed E-state index contributed by atoms with van der Waals surface area (Å²) in [6.45, 7) is 0.430. The van der Waals surface area contributed by atoms with Crippen LogP contribution in [-0.2, 0) is 16.1 Å². The average Bonchev–Trinajstić information content (AvgIpc) is 2.58. The molecule has 5 heteroatoms. The second-order valence-electron chi connectivity index (χ2n) is 4.48. The van der Waals surface area contributed by atoms with Crippen molar-refractivity contribution in [1.82, 2.24) is 4.98 Å². The molecule has 0 saturated heterocycles. The van der Waals surface area contributed by atoms with Crippen LogP contribution in [0.3, 0.4) is 0 Å². The van der Waals surface area contributed by atoms with E-state index >= 15 is 0 Å². The smallest absolute Gasteiger partial charge is 0.331 e. The Bertz CT molecular complexity index is 736. The van der Waals surface area contributed by atoms with Crippen LogP contribution in [0.5, 0.6) is 5.75 Å². The molecule has 1 aromatic heterocycles. The zero-order valence-electron chi connectivity index (χ0n) is 12.2. The molecule has 0 atom stereocenters. The van der Waals surface area contributed by atoms with Gasteiger partial charge in [0.25, 0.3) is 0 Å². The fourth-order valence-electron chi connectivity index (χ4n) is 1.71. The van der Waals surface area contributed by atoms with E-state index in [1.807, 2.05) is 30.3 Å². The molecule has 0 aliphatic heterocycles. The van der Waals surface area contributed by atoms with Gasteiger partial charge in [-0.15, -0.1) is 6.42 Å². The second kappa shape index (κ2) is 8.96. The van der Waals surface area contributed by atoms with Crippen LogP contribution in [0.1, 0.15) is 11.1 Å². The number of halogens is 1. The Balaban J connectivity index is 1.96. The predicted molar refractivity (Wildman–Crippen MR) is 96.6 cm³/mol. The molecule has 0 N–H and O–H groups in total. The second-order valence-corrected chi connectivity index (χ2v) is 5.65. The van der Waals surface area contributed by atoms with Crippen molar-refractivity contribution < 1.29 is 14.3 Å². The van der Waals surface area contributed by atoms with E-state index in [9.17, 15) is 4.79 Å². The van der Waals surface area contributed by atoms with Crippen molar-refractivity contribution >= 4 is 34.6 Å². The monoisotopic (exact) mass is 419 g/mol. The molecule has 2 aromatic rings. The van der Waals surface area contributed by atoms with E-state index in [1.165, 1.54) is 6.08 Å². The Morgan fingerprint density at radius 3 is 2.96 bits per heavy atom. The minimum Gasteiger partial charge on any atom is -0.488 e. The van der Waals surface area contributed by atoms with E-state index in [4.69, 9.17) is 15.9 Å². The lowest BCUT2D eigenvalue weighted by molar-refractivity contribution is -0.136. The summed E-state index contributed by atoms with van der Waals surface area (Å²) < 4.78 is 11.5. The molecule has 0 amide bonds. The maximum atomic E-state index is 11.3. The highest BCUT2D eigenvalue weighted by atomic mass is 127. The van der Waals surface area contributed by atoms with Crippen molar-refractivity contribution in [2.24, 2.45) is 0 Å². The third kappa shape index (κ3) is 5.75. The van der Waals surface area contributed by atoms with Crippen molar-refractivity contribution in [3.05, 3.63) is 63.5 Å². The lowest BCUT2D eigenvalue weighted by Gasteiger charge is -2.08. The Labute approximate surface area is 148 Å². The summed E-state index contributed by atoms with van der Waals surface area (Å²) in [7, 11) is 0. The molecule has 23 heavy (non-hydrogen) atoms. The third-order valence-corrected chi connectivity index (χ3v) is 3.63. The number of hydrogen-bond donors (Lipinski definition) is 0. The first kappa shape index (κ1) is 17.0. The molecule has 116 valence electrons. The molecule has 1 heterocycles. The molecule has 0 unspecified atom stereocenters. The standard InChI is InChI=1S/C18H14INO3/c1-2-10-22-18(21)8-6-14-5-7-17(16(19)11-14)23-13-15-4-3-9-20-12-15/h1,3-9,11-12H,10,13H2/b8-6+. The van der Waals surface area contributed by atoms with Crippen LogP contribution in [-0.4, -0.2) is 17.6 Å². The van der Waals surface area contributed by atoms with Crippen molar-refractivity contribution in [1.29, 1.82) is 0 Å². The molecular weight excluding hydrogens is 405 g/mol. The maximum Gasteiger partial charge on any atom is 0.331 e. The van der Waals surface area contributed by atoms with Gasteiger partial charge in [-0.25, -0.2) is 4.79 Å². The largest absolute Gasteiger partial charge is 0.488 e. The van der Waals surface area contributed by atoms with Gasteiger partial charge in [0.2, 0.25) is 0 Å². The van der Waals surface area contributed by atoms with Gasteiger partial charge in [-0.2, -0.15) is 0 Å². The summed E-state index contributed by atoms with van der Waals surface area (Å²) in [4.78, 5) is 15.4. The molecule has 0 spiro atoms. The minimum atomic E-state index is -0.463. The first-order valence-corrected chi connectivity index (χ1v) is 7.86. The van der Waals surface area contributed by atoms with Crippen LogP contribution in [0.25, 0.3) is 6.08 Å². The van der Waals surface area contributed by atoms with E-state index in [2.05, 4.69) is 33.5 Å². The first-order chi connectivity index (χ1) is 11.2. The molecule has 0 fully saturated rings.